The zero-order valence-corrected chi connectivity index (χ0v) is 22.0. The van der Waals surface area contributed by atoms with Crippen LogP contribution in [-0.2, 0) is 35.0 Å². The van der Waals surface area contributed by atoms with Crippen LogP contribution in [0, 0.1) is 5.92 Å². The van der Waals surface area contributed by atoms with Crippen LogP contribution in [0.5, 0.6) is 11.5 Å². The summed E-state index contributed by atoms with van der Waals surface area (Å²) in [7, 11) is 1.93. The van der Waals surface area contributed by atoms with Crippen LogP contribution in [0.25, 0.3) is 11.2 Å². The van der Waals surface area contributed by atoms with Crippen LogP contribution in [-0.4, -0.2) is 48.3 Å². The molecule has 5 rings (SSSR count). The average molecular weight is 504 g/mol. The zero-order valence-electron chi connectivity index (χ0n) is 22.0. The Bertz CT molecular complexity index is 1430. The number of Topliss-reactive ketones (excluding diaryl/α,β-unsaturated/α-hetero) is 1. The number of carbonyl (C=O) groups is 1. The molecule has 1 fully saturated rings. The molecule has 0 amide bonds. The molecule has 1 unspecified atom stereocenters. The molecular weight excluding hydrogens is 470 g/mol. The van der Waals surface area contributed by atoms with Crippen molar-refractivity contribution in [2.75, 3.05) is 18.5 Å². The minimum Gasteiger partial charge on any atom is -0.456 e. The quantitative estimate of drug-likeness (QED) is 0.373. The summed E-state index contributed by atoms with van der Waals surface area (Å²) in [6.07, 6.45) is 4.60. The fourth-order valence-corrected chi connectivity index (χ4v) is 4.53. The minimum absolute atomic E-state index is 0.0506. The second-order valence-corrected chi connectivity index (χ2v) is 10.7. The predicted molar refractivity (Wildman–Crippen MR) is 140 cm³/mol. The van der Waals surface area contributed by atoms with Crippen molar-refractivity contribution in [3.8, 4) is 11.5 Å². The molecule has 4 aromatic heterocycles. The van der Waals surface area contributed by atoms with Gasteiger partial charge in [0.05, 0.1) is 24.0 Å². The van der Waals surface area contributed by atoms with Crippen molar-refractivity contribution in [3.05, 3.63) is 48.0 Å². The second-order valence-electron chi connectivity index (χ2n) is 10.7. The number of imidazole rings is 1. The summed E-state index contributed by atoms with van der Waals surface area (Å²) in [5, 5.41) is 8.25. The van der Waals surface area contributed by atoms with Crippen LogP contribution in [0.15, 0.2) is 36.7 Å². The molecule has 10 nitrogen and oxygen atoms in total. The molecule has 10 heteroatoms. The number of hydrogen-bond donors (Lipinski definition) is 1. The molecule has 0 spiro atoms. The smallest absolute Gasteiger partial charge is 0.210 e. The van der Waals surface area contributed by atoms with Crippen molar-refractivity contribution in [1.29, 1.82) is 0 Å². The topological polar surface area (TPSA) is 109 Å². The Labute approximate surface area is 216 Å². The number of aromatic nitrogens is 6. The molecule has 1 aliphatic heterocycles. The first-order chi connectivity index (χ1) is 17.7. The number of ketones is 1. The molecule has 0 radical (unpaired) electrons. The maximum atomic E-state index is 11.4. The molecule has 1 N–H and O–H groups in total. The highest BCUT2D eigenvalue weighted by molar-refractivity contribution is 5.78. The van der Waals surface area contributed by atoms with E-state index in [2.05, 4.69) is 51.8 Å². The summed E-state index contributed by atoms with van der Waals surface area (Å²) >= 11 is 0. The molecule has 37 heavy (non-hydrogen) atoms. The average Bonchev–Trinajstić information content (AvgIpc) is 3.55. The molecule has 1 saturated heterocycles. The van der Waals surface area contributed by atoms with Crippen molar-refractivity contribution >= 4 is 28.7 Å². The first-order valence-corrected chi connectivity index (χ1v) is 12.5. The molecular formula is C27H33N7O3. The van der Waals surface area contributed by atoms with E-state index in [0.717, 1.165) is 43.2 Å². The Morgan fingerprint density at radius 1 is 1.22 bits per heavy atom. The van der Waals surface area contributed by atoms with Gasteiger partial charge in [0.15, 0.2) is 11.5 Å². The van der Waals surface area contributed by atoms with Gasteiger partial charge in [-0.3, -0.25) is 14.5 Å². The summed E-state index contributed by atoms with van der Waals surface area (Å²) in [5.74, 6) is 3.08. The van der Waals surface area contributed by atoms with Gasteiger partial charge in [-0.2, -0.15) is 10.1 Å². The predicted octanol–water partition coefficient (Wildman–Crippen LogP) is 4.56. The van der Waals surface area contributed by atoms with Crippen LogP contribution in [0.3, 0.4) is 0 Å². The van der Waals surface area contributed by atoms with E-state index in [4.69, 9.17) is 14.6 Å². The number of pyridine rings is 2. The molecule has 0 saturated carbocycles. The van der Waals surface area contributed by atoms with E-state index in [-0.39, 0.29) is 17.6 Å². The Morgan fingerprint density at radius 3 is 2.78 bits per heavy atom. The SMILES string of the molecule is CC(=O)Cc1cc(Oc2cnc3nc(Nc4cc(C(C)(C)C)n(CC5CCOC5)n4)n(C)c3c2)ccn1. The molecule has 1 aliphatic rings. The number of nitrogens with one attached hydrogen (secondary N) is 1. The number of nitrogens with zero attached hydrogens (tertiary/aromatic N) is 6. The standard InChI is InChI=1S/C27H33N7O3/c1-17(35)10-19-11-20(6-8-28-19)37-21-12-22-25(29-14-21)31-26(33(22)5)30-24-13-23(27(2,3)4)34(32-24)15-18-7-9-36-16-18/h6,8,11-14,18H,7,9-10,15-16H2,1-5H3,(H,29,30,31,32). The van der Waals surface area contributed by atoms with Gasteiger partial charge in [-0.1, -0.05) is 20.8 Å². The number of ether oxygens (including phenoxy) is 2. The molecule has 5 heterocycles. The molecule has 4 aromatic rings. The van der Waals surface area contributed by atoms with Gasteiger partial charge in [0, 0.05) is 68.0 Å². The maximum Gasteiger partial charge on any atom is 0.210 e. The molecule has 194 valence electrons. The van der Waals surface area contributed by atoms with Gasteiger partial charge in [0.2, 0.25) is 5.95 Å². The summed E-state index contributed by atoms with van der Waals surface area (Å²) < 4.78 is 15.6. The van der Waals surface area contributed by atoms with Gasteiger partial charge < -0.3 is 19.4 Å². The molecule has 0 aliphatic carbocycles. The van der Waals surface area contributed by atoms with Gasteiger partial charge in [-0.15, -0.1) is 0 Å². The van der Waals surface area contributed by atoms with Crippen LogP contribution < -0.4 is 10.1 Å². The van der Waals surface area contributed by atoms with Gasteiger partial charge in [-0.05, 0) is 19.4 Å². The Balaban J connectivity index is 1.38. The summed E-state index contributed by atoms with van der Waals surface area (Å²) in [6.45, 7) is 10.6. The van der Waals surface area contributed by atoms with E-state index in [0.29, 0.717) is 34.7 Å². The lowest BCUT2D eigenvalue weighted by atomic mass is 9.92. The van der Waals surface area contributed by atoms with E-state index in [1.165, 1.54) is 0 Å². The van der Waals surface area contributed by atoms with Crippen molar-refractivity contribution in [1.82, 2.24) is 29.3 Å². The van der Waals surface area contributed by atoms with E-state index >= 15 is 0 Å². The van der Waals surface area contributed by atoms with Crippen LogP contribution in [0.1, 0.15) is 45.5 Å². The summed E-state index contributed by atoms with van der Waals surface area (Å²) in [6, 6.07) is 7.51. The minimum atomic E-state index is -0.0518. The normalized spacial score (nSPS) is 15.9. The fourth-order valence-electron chi connectivity index (χ4n) is 4.53. The van der Waals surface area contributed by atoms with Crippen LogP contribution >= 0.6 is 0 Å². The van der Waals surface area contributed by atoms with Crippen molar-refractivity contribution in [2.45, 2.75) is 52.5 Å². The van der Waals surface area contributed by atoms with Crippen molar-refractivity contribution in [3.63, 3.8) is 0 Å². The van der Waals surface area contributed by atoms with Crippen LogP contribution in [0.2, 0.25) is 0 Å². The third-order valence-electron chi connectivity index (χ3n) is 6.41. The van der Waals surface area contributed by atoms with Gasteiger partial charge in [0.25, 0.3) is 0 Å². The number of fused-ring (bicyclic) bond motifs is 1. The Morgan fingerprint density at radius 2 is 2.05 bits per heavy atom. The Hall–Kier alpha value is -3.79. The third kappa shape index (κ3) is 5.64. The fraction of sp³-hybridized carbons (Fsp3) is 0.444. The molecule has 1 atom stereocenters. The van der Waals surface area contributed by atoms with E-state index < -0.39 is 0 Å². The lowest BCUT2D eigenvalue weighted by Crippen LogP contribution is -2.21. The number of anilines is 2. The van der Waals surface area contributed by atoms with E-state index in [1.54, 1.807) is 31.5 Å². The second kappa shape index (κ2) is 9.93. The van der Waals surface area contributed by atoms with Crippen molar-refractivity contribution in [2.24, 2.45) is 13.0 Å². The van der Waals surface area contributed by atoms with Crippen molar-refractivity contribution < 1.29 is 14.3 Å². The number of rotatable bonds is 8. The number of hydrogen-bond acceptors (Lipinski definition) is 8. The lowest BCUT2D eigenvalue weighted by molar-refractivity contribution is -0.116. The molecule has 0 bridgehead atoms. The highest BCUT2D eigenvalue weighted by Gasteiger charge is 2.25. The third-order valence-corrected chi connectivity index (χ3v) is 6.41. The van der Waals surface area contributed by atoms with Crippen LogP contribution in [0.4, 0.5) is 11.8 Å². The summed E-state index contributed by atoms with van der Waals surface area (Å²) in [5.41, 5.74) is 3.19. The van der Waals surface area contributed by atoms with E-state index in [1.807, 2.05) is 17.7 Å². The lowest BCUT2D eigenvalue weighted by Gasteiger charge is -2.21. The monoisotopic (exact) mass is 503 g/mol. The first kappa shape index (κ1) is 24.9. The number of aryl methyl sites for hydroxylation is 1. The maximum absolute atomic E-state index is 11.4. The highest BCUT2D eigenvalue weighted by atomic mass is 16.5. The van der Waals surface area contributed by atoms with Gasteiger partial charge in [0.1, 0.15) is 17.3 Å². The summed E-state index contributed by atoms with van der Waals surface area (Å²) in [4.78, 5) is 24.8. The highest BCUT2D eigenvalue weighted by Crippen LogP contribution is 2.30. The number of carbonyl (C=O) groups excluding carboxylic acids is 1. The van der Waals surface area contributed by atoms with Gasteiger partial charge >= 0.3 is 0 Å². The zero-order chi connectivity index (χ0) is 26.2. The Kier molecular flexibility index (Phi) is 6.68. The van der Waals surface area contributed by atoms with Gasteiger partial charge in [-0.25, -0.2) is 4.98 Å². The first-order valence-electron chi connectivity index (χ1n) is 12.5. The van der Waals surface area contributed by atoms with E-state index in [9.17, 15) is 4.79 Å². The largest absolute Gasteiger partial charge is 0.456 e. The molecule has 0 aromatic carbocycles.